The zero-order chi connectivity index (χ0) is 9.97. The third kappa shape index (κ3) is 1.83. The van der Waals surface area contributed by atoms with Gasteiger partial charge in [-0.2, -0.15) is 0 Å². The van der Waals surface area contributed by atoms with Gasteiger partial charge in [-0.3, -0.25) is 0 Å². The van der Waals surface area contributed by atoms with Crippen molar-refractivity contribution < 1.29 is 4.43 Å². The van der Waals surface area contributed by atoms with Crippen LogP contribution in [0.25, 0.3) is 11.0 Å². The predicted octanol–water partition coefficient (Wildman–Crippen LogP) is 1.24. The maximum atomic E-state index is 5.48. The summed E-state index contributed by atoms with van der Waals surface area (Å²) in [6, 6.07) is 7.86. The van der Waals surface area contributed by atoms with E-state index in [-0.39, 0.29) is 16.0 Å². The van der Waals surface area contributed by atoms with Gasteiger partial charge in [-0.05, 0) is 26.0 Å². The Morgan fingerprint density at radius 1 is 1.36 bits per heavy atom. The Morgan fingerprint density at radius 3 is 2.93 bits per heavy atom. The van der Waals surface area contributed by atoms with Crippen molar-refractivity contribution >= 4 is 21.0 Å². The highest BCUT2D eigenvalue weighted by Crippen LogP contribution is 2.08. The standard InChI is InChI=1S/C9H11N3OSi/c1-7(2)13-14-12-9-6-4-3-5-8(9)10-11-12/h3-7H,1-2H3. The normalized spacial score (nSPS) is 11.4. The number of hydrogen-bond acceptors (Lipinski definition) is 3. The van der Waals surface area contributed by atoms with E-state index in [1.807, 2.05) is 38.1 Å². The minimum absolute atomic E-state index is 0.206. The fraction of sp³-hybridized carbons (Fsp3) is 0.333. The molecule has 2 radical (unpaired) electrons. The van der Waals surface area contributed by atoms with E-state index in [2.05, 4.69) is 10.3 Å². The molecular formula is C9H11N3OSi. The van der Waals surface area contributed by atoms with Crippen molar-refractivity contribution in [3.05, 3.63) is 24.3 Å². The molecule has 1 heterocycles. The van der Waals surface area contributed by atoms with E-state index in [0.717, 1.165) is 11.0 Å². The molecule has 14 heavy (non-hydrogen) atoms. The number of rotatable bonds is 3. The van der Waals surface area contributed by atoms with Crippen molar-refractivity contribution in [1.29, 1.82) is 0 Å². The van der Waals surface area contributed by atoms with Gasteiger partial charge >= 0.3 is 9.92 Å². The van der Waals surface area contributed by atoms with Crippen LogP contribution in [0.2, 0.25) is 0 Å². The SMILES string of the molecule is CC(C)O[Si]n1nnc2ccccc21. The summed E-state index contributed by atoms with van der Waals surface area (Å²) in [7, 11) is 0.206. The van der Waals surface area contributed by atoms with E-state index in [9.17, 15) is 0 Å². The number of aromatic nitrogens is 3. The summed E-state index contributed by atoms with van der Waals surface area (Å²) in [5, 5.41) is 8.06. The zero-order valence-electron chi connectivity index (χ0n) is 8.14. The highest BCUT2D eigenvalue weighted by atomic mass is 28.2. The summed E-state index contributed by atoms with van der Waals surface area (Å²) >= 11 is 0. The van der Waals surface area contributed by atoms with E-state index in [4.69, 9.17) is 4.43 Å². The summed E-state index contributed by atoms with van der Waals surface area (Å²) in [4.78, 5) is 0. The van der Waals surface area contributed by atoms with Crippen LogP contribution >= 0.6 is 0 Å². The van der Waals surface area contributed by atoms with Crippen LogP contribution in [0.15, 0.2) is 24.3 Å². The lowest BCUT2D eigenvalue weighted by Crippen LogP contribution is -2.16. The molecule has 0 saturated carbocycles. The Kier molecular flexibility index (Phi) is 2.60. The van der Waals surface area contributed by atoms with Crippen LogP contribution in [0.1, 0.15) is 13.8 Å². The molecule has 0 aliphatic carbocycles. The lowest BCUT2D eigenvalue weighted by molar-refractivity contribution is 0.250. The highest BCUT2D eigenvalue weighted by Gasteiger charge is 2.06. The molecule has 0 saturated heterocycles. The van der Waals surface area contributed by atoms with Gasteiger partial charge in [0, 0.05) is 6.10 Å². The van der Waals surface area contributed by atoms with Gasteiger partial charge in [0.15, 0.2) is 0 Å². The number of para-hydroxylation sites is 1. The molecule has 0 atom stereocenters. The Bertz CT molecular complexity index is 427. The van der Waals surface area contributed by atoms with Crippen LogP contribution in [0, 0.1) is 0 Å². The van der Waals surface area contributed by atoms with Gasteiger partial charge in [0.25, 0.3) is 0 Å². The second kappa shape index (κ2) is 3.89. The van der Waals surface area contributed by atoms with Gasteiger partial charge in [-0.15, -0.1) is 5.10 Å². The van der Waals surface area contributed by atoms with E-state index in [1.165, 1.54) is 0 Å². The van der Waals surface area contributed by atoms with E-state index < -0.39 is 0 Å². The average Bonchev–Trinajstić information content (AvgIpc) is 2.58. The quantitative estimate of drug-likeness (QED) is 0.708. The largest absolute Gasteiger partial charge is 0.408 e. The maximum Gasteiger partial charge on any atom is 0.408 e. The summed E-state index contributed by atoms with van der Waals surface area (Å²) in [5.41, 5.74) is 1.93. The molecule has 0 N–H and O–H groups in total. The first-order chi connectivity index (χ1) is 6.77. The summed E-state index contributed by atoms with van der Waals surface area (Å²) < 4.78 is 7.27. The Hall–Kier alpha value is -1.20. The molecule has 2 aromatic rings. The average molecular weight is 205 g/mol. The van der Waals surface area contributed by atoms with Gasteiger partial charge in [0.05, 0.1) is 5.52 Å². The molecule has 0 fully saturated rings. The first-order valence-electron chi connectivity index (χ1n) is 4.49. The van der Waals surface area contributed by atoms with E-state index >= 15 is 0 Å². The third-order valence-electron chi connectivity index (χ3n) is 1.73. The molecule has 5 heteroatoms. The molecule has 2 rings (SSSR count). The number of nitrogens with zero attached hydrogens (tertiary/aromatic N) is 3. The van der Waals surface area contributed by atoms with Crippen LogP contribution in [-0.2, 0) is 4.43 Å². The van der Waals surface area contributed by atoms with Crippen molar-refractivity contribution in [3.63, 3.8) is 0 Å². The Balaban J connectivity index is 2.25. The van der Waals surface area contributed by atoms with Crippen LogP contribution in [0.5, 0.6) is 0 Å². The van der Waals surface area contributed by atoms with Crippen molar-refractivity contribution in [1.82, 2.24) is 14.7 Å². The molecule has 0 unspecified atom stereocenters. The number of hydrogen-bond donors (Lipinski definition) is 0. The van der Waals surface area contributed by atoms with Gasteiger partial charge < -0.3 is 4.43 Å². The van der Waals surface area contributed by atoms with Crippen molar-refractivity contribution in [2.24, 2.45) is 0 Å². The smallest absolute Gasteiger partial charge is 0.394 e. The minimum Gasteiger partial charge on any atom is -0.394 e. The fourth-order valence-electron chi connectivity index (χ4n) is 1.09. The summed E-state index contributed by atoms with van der Waals surface area (Å²) in [5.74, 6) is 0. The highest BCUT2D eigenvalue weighted by molar-refractivity contribution is 6.26. The van der Waals surface area contributed by atoms with Crippen LogP contribution in [0.4, 0.5) is 0 Å². The first-order valence-corrected chi connectivity index (χ1v) is 5.35. The van der Waals surface area contributed by atoms with Crippen molar-refractivity contribution in [2.75, 3.05) is 0 Å². The molecule has 1 aromatic carbocycles. The molecular weight excluding hydrogens is 194 g/mol. The fourth-order valence-corrected chi connectivity index (χ4v) is 1.77. The summed E-state index contributed by atoms with van der Waals surface area (Å²) in [6.45, 7) is 4.01. The number of benzene rings is 1. The second-order valence-corrected chi connectivity index (χ2v) is 4.09. The summed E-state index contributed by atoms with van der Waals surface area (Å²) in [6.07, 6.45) is 0.219. The number of fused-ring (bicyclic) bond motifs is 1. The van der Waals surface area contributed by atoms with E-state index in [1.54, 1.807) is 4.35 Å². The van der Waals surface area contributed by atoms with Gasteiger partial charge in [0.2, 0.25) is 0 Å². The molecule has 4 nitrogen and oxygen atoms in total. The monoisotopic (exact) mass is 205 g/mol. The van der Waals surface area contributed by atoms with Crippen molar-refractivity contribution in [2.45, 2.75) is 20.0 Å². The zero-order valence-corrected chi connectivity index (χ0v) is 9.14. The molecule has 0 amide bonds. The minimum atomic E-state index is 0.206. The predicted molar refractivity (Wildman–Crippen MR) is 54.9 cm³/mol. The molecule has 72 valence electrons. The molecule has 1 aromatic heterocycles. The Labute approximate surface area is 84.9 Å². The molecule has 0 aliphatic heterocycles. The van der Waals surface area contributed by atoms with Crippen LogP contribution in [-0.4, -0.2) is 30.7 Å². The van der Waals surface area contributed by atoms with E-state index in [0.29, 0.717) is 0 Å². The Morgan fingerprint density at radius 2 is 2.14 bits per heavy atom. The van der Waals surface area contributed by atoms with Crippen LogP contribution < -0.4 is 0 Å². The third-order valence-corrected chi connectivity index (χ3v) is 2.81. The van der Waals surface area contributed by atoms with Gasteiger partial charge in [-0.25, -0.2) is 4.35 Å². The maximum absolute atomic E-state index is 5.48. The van der Waals surface area contributed by atoms with Gasteiger partial charge in [0.1, 0.15) is 5.52 Å². The van der Waals surface area contributed by atoms with Gasteiger partial charge in [-0.1, -0.05) is 17.3 Å². The second-order valence-electron chi connectivity index (χ2n) is 3.25. The first kappa shape index (κ1) is 9.36. The topological polar surface area (TPSA) is 39.9 Å². The molecule has 0 bridgehead atoms. The van der Waals surface area contributed by atoms with Crippen LogP contribution in [0.3, 0.4) is 0 Å². The molecule has 0 spiro atoms. The molecule has 0 aliphatic rings. The lowest BCUT2D eigenvalue weighted by atomic mass is 10.3. The lowest BCUT2D eigenvalue weighted by Gasteiger charge is -2.04. The van der Waals surface area contributed by atoms with Crippen molar-refractivity contribution in [3.8, 4) is 0 Å².